The van der Waals surface area contributed by atoms with E-state index in [0.29, 0.717) is 0 Å². The monoisotopic (exact) mass is 211 g/mol. The average molecular weight is 211 g/mol. The van der Waals surface area contributed by atoms with E-state index in [4.69, 9.17) is 9.47 Å². The maximum Gasteiger partial charge on any atom is 0.0499 e. The summed E-state index contributed by atoms with van der Waals surface area (Å²) in [5, 5.41) is 0. The van der Waals surface area contributed by atoms with Gasteiger partial charge in [0, 0.05) is 26.4 Å². The third kappa shape index (κ3) is 3.46. The minimum Gasteiger partial charge on any atom is -0.381 e. The molecule has 0 aromatic rings. The average Bonchev–Trinajstić information content (AvgIpc) is 2.31. The Morgan fingerprint density at radius 3 is 2.40 bits per heavy atom. The highest BCUT2D eigenvalue weighted by molar-refractivity contribution is 4.95. The topological polar surface area (TPSA) is 18.5 Å². The number of hydrogen-bond acceptors (Lipinski definition) is 2. The fraction of sp³-hybridized carbons (Fsp3) is 0.923. The van der Waals surface area contributed by atoms with Crippen LogP contribution in [0.3, 0.4) is 0 Å². The van der Waals surface area contributed by atoms with Gasteiger partial charge in [-0.2, -0.15) is 0 Å². The molecule has 15 heavy (non-hydrogen) atoms. The largest absolute Gasteiger partial charge is 0.381 e. The van der Waals surface area contributed by atoms with E-state index in [0.717, 1.165) is 38.3 Å². The van der Waals surface area contributed by atoms with Crippen molar-refractivity contribution >= 4 is 0 Å². The molecule has 0 aromatic heterocycles. The molecule has 0 bridgehead atoms. The molecular formula is C13H23O2. The Kier molecular flexibility index (Phi) is 4.45. The molecule has 0 amide bonds. The molecule has 0 aromatic carbocycles. The first kappa shape index (κ1) is 11.4. The summed E-state index contributed by atoms with van der Waals surface area (Å²) >= 11 is 0. The van der Waals surface area contributed by atoms with Gasteiger partial charge in [-0.15, -0.1) is 0 Å². The SMILES string of the molecule is C[C](CC1CCCOC1)C1CCCOC1. The summed E-state index contributed by atoms with van der Waals surface area (Å²) in [6.07, 6.45) is 6.43. The Morgan fingerprint density at radius 1 is 1.07 bits per heavy atom. The second kappa shape index (κ2) is 5.86. The molecule has 0 N–H and O–H groups in total. The Morgan fingerprint density at radius 2 is 1.80 bits per heavy atom. The van der Waals surface area contributed by atoms with E-state index in [1.54, 1.807) is 5.92 Å². The Labute approximate surface area is 93.3 Å². The lowest BCUT2D eigenvalue weighted by molar-refractivity contribution is 0.0388. The predicted octanol–water partition coefficient (Wildman–Crippen LogP) is 2.82. The molecule has 2 aliphatic heterocycles. The van der Waals surface area contributed by atoms with Crippen molar-refractivity contribution in [3.05, 3.63) is 5.92 Å². The third-order valence-corrected chi connectivity index (χ3v) is 3.72. The van der Waals surface area contributed by atoms with Gasteiger partial charge in [0.05, 0.1) is 0 Å². The van der Waals surface area contributed by atoms with Gasteiger partial charge >= 0.3 is 0 Å². The van der Waals surface area contributed by atoms with Gasteiger partial charge in [-0.05, 0) is 49.9 Å². The summed E-state index contributed by atoms with van der Waals surface area (Å²) in [6.45, 7) is 6.19. The maximum absolute atomic E-state index is 5.54. The highest BCUT2D eigenvalue weighted by Crippen LogP contribution is 2.31. The lowest BCUT2D eigenvalue weighted by Gasteiger charge is -2.31. The zero-order valence-electron chi connectivity index (χ0n) is 9.84. The number of ether oxygens (including phenoxy) is 2. The summed E-state index contributed by atoms with van der Waals surface area (Å²) in [4.78, 5) is 0. The predicted molar refractivity (Wildman–Crippen MR) is 60.6 cm³/mol. The second-order valence-corrected chi connectivity index (χ2v) is 5.05. The standard InChI is InChI=1S/C13H23O2/c1-11(13-5-3-7-15-10-13)8-12-4-2-6-14-9-12/h12-13H,2-10H2,1H3. The Hall–Kier alpha value is -0.0800. The molecule has 2 unspecified atom stereocenters. The summed E-state index contributed by atoms with van der Waals surface area (Å²) in [5.74, 6) is 3.14. The highest BCUT2D eigenvalue weighted by Gasteiger charge is 2.24. The Bertz CT molecular complexity index is 169. The summed E-state index contributed by atoms with van der Waals surface area (Å²) in [6, 6.07) is 0. The van der Waals surface area contributed by atoms with Crippen molar-refractivity contribution < 1.29 is 9.47 Å². The molecular weight excluding hydrogens is 188 g/mol. The van der Waals surface area contributed by atoms with Crippen molar-refractivity contribution in [2.24, 2.45) is 11.8 Å². The molecule has 87 valence electrons. The van der Waals surface area contributed by atoms with E-state index in [2.05, 4.69) is 6.92 Å². The second-order valence-electron chi connectivity index (χ2n) is 5.05. The zero-order valence-corrected chi connectivity index (χ0v) is 9.84. The molecule has 0 saturated carbocycles. The summed E-state index contributed by atoms with van der Waals surface area (Å²) in [7, 11) is 0. The number of hydrogen-bond donors (Lipinski definition) is 0. The molecule has 0 spiro atoms. The van der Waals surface area contributed by atoms with Crippen LogP contribution in [0.1, 0.15) is 39.0 Å². The van der Waals surface area contributed by atoms with Gasteiger partial charge in [-0.3, -0.25) is 0 Å². The molecule has 2 rings (SSSR count). The summed E-state index contributed by atoms with van der Waals surface area (Å²) in [5.41, 5.74) is 0. The van der Waals surface area contributed by atoms with E-state index in [1.807, 2.05) is 0 Å². The van der Waals surface area contributed by atoms with Crippen LogP contribution in [0.2, 0.25) is 0 Å². The van der Waals surface area contributed by atoms with Crippen molar-refractivity contribution in [1.82, 2.24) is 0 Å². The van der Waals surface area contributed by atoms with E-state index < -0.39 is 0 Å². The van der Waals surface area contributed by atoms with Crippen LogP contribution in [0.5, 0.6) is 0 Å². The lowest BCUT2D eigenvalue weighted by atomic mass is 9.81. The third-order valence-electron chi connectivity index (χ3n) is 3.72. The fourth-order valence-electron chi connectivity index (χ4n) is 2.72. The minimum absolute atomic E-state index is 0.723. The van der Waals surface area contributed by atoms with E-state index in [-0.39, 0.29) is 0 Å². The van der Waals surface area contributed by atoms with Crippen LogP contribution in [0.25, 0.3) is 0 Å². The van der Waals surface area contributed by atoms with Gasteiger partial charge in [0.15, 0.2) is 0 Å². The minimum atomic E-state index is 0.723. The smallest absolute Gasteiger partial charge is 0.0499 e. The van der Waals surface area contributed by atoms with Crippen LogP contribution in [0, 0.1) is 17.8 Å². The van der Waals surface area contributed by atoms with Gasteiger partial charge < -0.3 is 9.47 Å². The van der Waals surface area contributed by atoms with Gasteiger partial charge in [0.25, 0.3) is 0 Å². The van der Waals surface area contributed by atoms with Crippen molar-refractivity contribution in [1.29, 1.82) is 0 Å². The molecule has 2 atom stereocenters. The van der Waals surface area contributed by atoms with E-state index in [1.165, 1.54) is 32.1 Å². The Balaban J connectivity index is 1.72. The van der Waals surface area contributed by atoms with Crippen molar-refractivity contribution in [3.63, 3.8) is 0 Å². The molecule has 0 aliphatic carbocycles. The van der Waals surface area contributed by atoms with Crippen LogP contribution in [-0.4, -0.2) is 26.4 Å². The number of rotatable bonds is 3. The quantitative estimate of drug-likeness (QED) is 0.714. The van der Waals surface area contributed by atoms with Gasteiger partial charge in [0.1, 0.15) is 0 Å². The summed E-state index contributed by atoms with van der Waals surface area (Å²) < 4.78 is 11.1. The van der Waals surface area contributed by atoms with Gasteiger partial charge in [0.2, 0.25) is 0 Å². The first-order chi connectivity index (χ1) is 7.36. The molecule has 2 saturated heterocycles. The molecule has 2 heterocycles. The molecule has 1 radical (unpaired) electrons. The van der Waals surface area contributed by atoms with E-state index in [9.17, 15) is 0 Å². The first-order valence-electron chi connectivity index (χ1n) is 6.34. The van der Waals surface area contributed by atoms with Gasteiger partial charge in [-0.1, -0.05) is 6.92 Å². The normalized spacial score (nSPS) is 33.2. The highest BCUT2D eigenvalue weighted by atomic mass is 16.5. The molecule has 2 aliphatic rings. The van der Waals surface area contributed by atoms with Crippen LogP contribution in [0.4, 0.5) is 0 Å². The van der Waals surface area contributed by atoms with Crippen molar-refractivity contribution in [3.8, 4) is 0 Å². The fourth-order valence-corrected chi connectivity index (χ4v) is 2.72. The molecule has 2 heteroatoms. The van der Waals surface area contributed by atoms with E-state index >= 15 is 0 Å². The van der Waals surface area contributed by atoms with Crippen molar-refractivity contribution in [2.45, 2.75) is 39.0 Å². The molecule has 2 fully saturated rings. The van der Waals surface area contributed by atoms with Gasteiger partial charge in [-0.25, -0.2) is 0 Å². The van der Waals surface area contributed by atoms with Crippen LogP contribution in [0.15, 0.2) is 0 Å². The van der Waals surface area contributed by atoms with Crippen molar-refractivity contribution in [2.75, 3.05) is 26.4 Å². The van der Waals surface area contributed by atoms with Crippen LogP contribution in [-0.2, 0) is 9.47 Å². The van der Waals surface area contributed by atoms with Crippen LogP contribution < -0.4 is 0 Å². The first-order valence-corrected chi connectivity index (χ1v) is 6.34. The van der Waals surface area contributed by atoms with Crippen LogP contribution >= 0.6 is 0 Å². The maximum atomic E-state index is 5.54. The lowest BCUT2D eigenvalue weighted by Crippen LogP contribution is -2.26. The molecule has 2 nitrogen and oxygen atoms in total. The zero-order chi connectivity index (χ0) is 10.5.